The van der Waals surface area contributed by atoms with Gasteiger partial charge in [-0.15, -0.1) is 5.10 Å². The molecule has 0 spiro atoms. The third kappa shape index (κ3) is 4.26. The minimum Gasteiger partial charge on any atom is -0.378 e. The molecule has 1 aliphatic rings. The van der Waals surface area contributed by atoms with E-state index < -0.39 is 0 Å². The summed E-state index contributed by atoms with van der Waals surface area (Å²) in [5.74, 6) is 0.697. The largest absolute Gasteiger partial charge is 0.378 e. The fraction of sp³-hybridized carbons (Fsp3) is 0.368. The number of hydrogen-bond donors (Lipinski definition) is 1. The van der Waals surface area contributed by atoms with E-state index in [4.69, 9.17) is 4.74 Å². The van der Waals surface area contributed by atoms with Crippen molar-refractivity contribution in [2.45, 2.75) is 19.0 Å². The molecule has 2 aromatic heterocycles. The van der Waals surface area contributed by atoms with Crippen molar-refractivity contribution in [2.24, 2.45) is 0 Å². The van der Waals surface area contributed by atoms with E-state index in [1.807, 2.05) is 44.2 Å². The Morgan fingerprint density at radius 3 is 2.68 bits per heavy atom. The zero-order chi connectivity index (χ0) is 19.5. The molecule has 0 aliphatic carbocycles. The molecule has 0 unspecified atom stereocenters. The number of fused-ring (bicyclic) bond motifs is 1. The van der Waals surface area contributed by atoms with Gasteiger partial charge in [0.2, 0.25) is 11.1 Å². The first-order valence-electron chi connectivity index (χ1n) is 9.15. The molecule has 1 aliphatic heterocycles. The lowest BCUT2D eigenvalue weighted by Gasteiger charge is -2.28. The van der Waals surface area contributed by atoms with Crippen molar-refractivity contribution in [1.82, 2.24) is 19.6 Å². The van der Waals surface area contributed by atoms with Gasteiger partial charge in [0.15, 0.2) is 0 Å². The fourth-order valence-corrected chi connectivity index (χ4v) is 3.73. The van der Waals surface area contributed by atoms with E-state index in [1.165, 1.54) is 11.8 Å². The standard InChI is InChI=1S/C19H22N6O2S/c1-13-11-14(2)25-18(20-13)22-19(23-25)28-12-17(26)21-15-3-5-16(6-4-15)24-7-9-27-10-8-24/h3-6,11H,7-10,12H2,1-2H3,(H,21,26). The molecule has 0 atom stereocenters. The normalized spacial score (nSPS) is 14.4. The molecule has 1 aromatic carbocycles. The first-order valence-corrected chi connectivity index (χ1v) is 10.1. The van der Waals surface area contributed by atoms with Crippen LogP contribution in [0.2, 0.25) is 0 Å². The second-order valence-electron chi connectivity index (χ2n) is 6.63. The van der Waals surface area contributed by atoms with Gasteiger partial charge in [0, 0.05) is 35.9 Å². The number of rotatable bonds is 5. The lowest BCUT2D eigenvalue weighted by molar-refractivity contribution is -0.113. The molecule has 4 rings (SSSR count). The number of anilines is 2. The van der Waals surface area contributed by atoms with Gasteiger partial charge in [0.05, 0.1) is 19.0 Å². The van der Waals surface area contributed by atoms with E-state index in [0.29, 0.717) is 10.9 Å². The molecule has 3 heterocycles. The Morgan fingerprint density at radius 1 is 1.18 bits per heavy atom. The highest BCUT2D eigenvalue weighted by Gasteiger charge is 2.13. The number of thioether (sulfide) groups is 1. The molecule has 28 heavy (non-hydrogen) atoms. The van der Waals surface area contributed by atoms with Crippen LogP contribution in [0.5, 0.6) is 0 Å². The summed E-state index contributed by atoms with van der Waals surface area (Å²) < 4.78 is 7.07. The van der Waals surface area contributed by atoms with Crippen LogP contribution < -0.4 is 10.2 Å². The predicted molar refractivity (Wildman–Crippen MR) is 109 cm³/mol. The van der Waals surface area contributed by atoms with Crippen LogP contribution in [-0.4, -0.2) is 57.5 Å². The third-order valence-corrected chi connectivity index (χ3v) is 5.30. The summed E-state index contributed by atoms with van der Waals surface area (Å²) in [4.78, 5) is 23.3. The topological polar surface area (TPSA) is 84.7 Å². The predicted octanol–water partition coefficient (Wildman–Crippen LogP) is 2.31. The summed E-state index contributed by atoms with van der Waals surface area (Å²) in [6, 6.07) is 9.84. The van der Waals surface area contributed by atoms with Gasteiger partial charge in [-0.3, -0.25) is 4.79 Å². The molecule has 1 fully saturated rings. The lowest BCUT2D eigenvalue weighted by atomic mass is 10.2. The molecule has 0 radical (unpaired) electrons. The minimum absolute atomic E-state index is 0.0937. The summed E-state index contributed by atoms with van der Waals surface area (Å²) in [5.41, 5.74) is 3.78. The number of aromatic nitrogens is 4. The van der Waals surface area contributed by atoms with Crippen molar-refractivity contribution in [2.75, 3.05) is 42.3 Å². The zero-order valence-corrected chi connectivity index (χ0v) is 16.7. The molecule has 0 saturated carbocycles. The van der Waals surface area contributed by atoms with Gasteiger partial charge in [-0.2, -0.15) is 4.98 Å². The molecule has 0 bridgehead atoms. The maximum atomic E-state index is 12.3. The Kier molecular flexibility index (Phi) is 5.45. The second kappa shape index (κ2) is 8.15. The molecular weight excluding hydrogens is 376 g/mol. The van der Waals surface area contributed by atoms with Crippen LogP contribution in [0.15, 0.2) is 35.5 Å². The van der Waals surface area contributed by atoms with E-state index in [-0.39, 0.29) is 11.7 Å². The molecule has 3 aromatic rings. The Morgan fingerprint density at radius 2 is 1.93 bits per heavy atom. The number of benzene rings is 1. The van der Waals surface area contributed by atoms with Crippen LogP contribution in [-0.2, 0) is 9.53 Å². The maximum Gasteiger partial charge on any atom is 0.253 e. The smallest absolute Gasteiger partial charge is 0.253 e. The van der Waals surface area contributed by atoms with Gasteiger partial charge in [-0.1, -0.05) is 11.8 Å². The van der Waals surface area contributed by atoms with E-state index in [9.17, 15) is 4.79 Å². The SMILES string of the molecule is Cc1cc(C)n2nc(SCC(=O)Nc3ccc(N4CCOCC4)cc3)nc2n1. The van der Waals surface area contributed by atoms with Crippen molar-refractivity contribution >= 4 is 34.8 Å². The number of nitrogens with zero attached hydrogens (tertiary/aromatic N) is 5. The fourth-order valence-electron chi connectivity index (χ4n) is 3.11. The van der Waals surface area contributed by atoms with E-state index >= 15 is 0 Å². The number of hydrogen-bond acceptors (Lipinski definition) is 7. The minimum atomic E-state index is -0.0937. The van der Waals surface area contributed by atoms with Crippen molar-refractivity contribution in [3.05, 3.63) is 41.7 Å². The Bertz CT molecular complexity index is 982. The molecule has 1 saturated heterocycles. The second-order valence-corrected chi connectivity index (χ2v) is 7.57. The Labute approximate surface area is 167 Å². The van der Waals surface area contributed by atoms with Crippen LogP contribution >= 0.6 is 11.8 Å². The van der Waals surface area contributed by atoms with Crippen LogP contribution in [0.1, 0.15) is 11.4 Å². The van der Waals surface area contributed by atoms with Crippen LogP contribution in [0, 0.1) is 13.8 Å². The molecular formula is C19H22N6O2S. The van der Waals surface area contributed by atoms with Crippen LogP contribution in [0.4, 0.5) is 11.4 Å². The van der Waals surface area contributed by atoms with Gasteiger partial charge in [0.1, 0.15) is 0 Å². The highest BCUT2D eigenvalue weighted by Crippen LogP contribution is 2.20. The molecule has 1 amide bonds. The highest BCUT2D eigenvalue weighted by molar-refractivity contribution is 7.99. The average molecular weight is 398 g/mol. The molecule has 146 valence electrons. The maximum absolute atomic E-state index is 12.3. The van der Waals surface area contributed by atoms with E-state index in [2.05, 4.69) is 25.3 Å². The quantitative estimate of drug-likeness (QED) is 0.660. The van der Waals surface area contributed by atoms with E-state index in [1.54, 1.807) is 4.52 Å². The molecule has 8 nitrogen and oxygen atoms in total. The van der Waals surface area contributed by atoms with Gasteiger partial charge >= 0.3 is 0 Å². The summed E-state index contributed by atoms with van der Waals surface area (Å²) in [6.45, 7) is 7.16. The van der Waals surface area contributed by atoms with Crippen LogP contribution in [0.25, 0.3) is 5.78 Å². The van der Waals surface area contributed by atoms with Crippen molar-refractivity contribution in [3.63, 3.8) is 0 Å². The first kappa shape index (κ1) is 18.7. The monoisotopic (exact) mass is 398 g/mol. The summed E-state index contributed by atoms with van der Waals surface area (Å²) in [5, 5.41) is 7.86. The Hall–Kier alpha value is -2.65. The summed E-state index contributed by atoms with van der Waals surface area (Å²) >= 11 is 1.30. The molecule has 1 N–H and O–H groups in total. The van der Waals surface area contributed by atoms with Crippen molar-refractivity contribution in [3.8, 4) is 0 Å². The summed E-state index contributed by atoms with van der Waals surface area (Å²) in [7, 11) is 0. The number of aryl methyl sites for hydroxylation is 2. The van der Waals surface area contributed by atoms with Gasteiger partial charge < -0.3 is 15.0 Å². The first-order chi connectivity index (χ1) is 13.6. The number of ether oxygens (including phenoxy) is 1. The summed E-state index contributed by atoms with van der Waals surface area (Å²) in [6.07, 6.45) is 0. The van der Waals surface area contributed by atoms with Gasteiger partial charge in [0.25, 0.3) is 5.78 Å². The van der Waals surface area contributed by atoms with Crippen LogP contribution in [0.3, 0.4) is 0 Å². The highest BCUT2D eigenvalue weighted by atomic mass is 32.2. The van der Waals surface area contributed by atoms with Crippen molar-refractivity contribution < 1.29 is 9.53 Å². The number of morpholine rings is 1. The van der Waals surface area contributed by atoms with Crippen molar-refractivity contribution in [1.29, 1.82) is 0 Å². The van der Waals surface area contributed by atoms with Gasteiger partial charge in [-0.25, -0.2) is 9.50 Å². The average Bonchev–Trinajstić information content (AvgIpc) is 3.11. The third-order valence-electron chi connectivity index (χ3n) is 4.46. The van der Waals surface area contributed by atoms with Gasteiger partial charge in [-0.05, 0) is 44.2 Å². The Balaban J connectivity index is 1.33. The lowest BCUT2D eigenvalue weighted by Crippen LogP contribution is -2.36. The number of carbonyl (C=O) groups is 1. The number of nitrogens with one attached hydrogen (secondary N) is 1. The number of amides is 1. The number of carbonyl (C=O) groups excluding carboxylic acids is 1. The molecule has 9 heteroatoms. The zero-order valence-electron chi connectivity index (χ0n) is 15.9. The van der Waals surface area contributed by atoms with E-state index in [0.717, 1.165) is 49.1 Å².